The molecule has 2 rings (SSSR count). The summed E-state index contributed by atoms with van der Waals surface area (Å²) in [6, 6.07) is 12.5. The molecule has 0 fully saturated rings. The summed E-state index contributed by atoms with van der Waals surface area (Å²) in [6.07, 6.45) is 2.84. The van der Waals surface area contributed by atoms with Gasteiger partial charge in [0.25, 0.3) is 0 Å². The molecule has 3 heteroatoms. The van der Waals surface area contributed by atoms with Gasteiger partial charge in [-0.05, 0) is 49.7 Å². The fourth-order valence-electron chi connectivity index (χ4n) is 2.39. The fourth-order valence-corrected chi connectivity index (χ4v) is 2.39. The average Bonchev–Trinajstić information content (AvgIpc) is 2.50. The molecule has 0 bridgehead atoms. The molecule has 0 saturated heterocycles. The Morgan fingerprint density at radius 1 is 1.15 bits per heavy atom. The van der Waals surface area contributed by atoms with Crippen molar-refractivity contribution in [3.63, 3.8) is 0 Å². The van der Waals surface area contributed by atoms with Gasteiger partial charge in [0.05, 0.1) is 18.3 Å². The van der Waals surface area contributed by atoms with Crippen LogP contribution in [0.5, 0.6) is 5.75 Å². The van der Waals surface area contributed by atoms with E-state index in [1.54, 1.807) is 0 Å². The van der Waals surface area contributed by atoms with Gasteiger partial charge in [0.15, 0.2) is 0 Å². The molecule has 0 saturated carbocycles. The smallest absolute Gasteiger partial charge is 0.119 e. The van der Waals surface area contributed by atoms with E-state index in [2.05, 4.69) is 35.4 Å². The molecule has 0 amide bonds. The normalized spacial score (nSPS) is 12.2. The SMILES string of the molecule is CCOc1ccc(C(NC)c2ncccc2CC)cc1. The number of benzene rings is 1. The molecule has 106 valence electrons. The monoisotopic (exact) mass is 270 g/mol. The van der Waals surface area contributed by atoms with Crippen molar-refractivity contribution in [2.24, 2.45) is 0 Å². The summed E-state index contributed by atoms with van der Waals surface area (Å²) >= 11 is 0. The van der Waals surface area contributed by atoms with Crippen LogP contribution in [0.4, 0.5) is 0 Å². The number of nitrogens with zero attached hydrogens (tertiary/aromatic N) is 1. The molecule has 1 aromatic heterocycles. The van der Waals surface area contributed by atoms with Crippen LogP contribution in [-0.2, 0) is 6.42 Å². The lowest BCUT2D eigenvalue weighted by molar-refractivity contribution is 0.340. The largest absolute Gasteiger partial charge is 0.494 e. The van der Waals surface area contributed by atoms with Crippen LogP contribution in [0.1, 0.15) is 36.7 Å². The van der Waals surface area contributed by atoms with Gasteiger partial charge in [0.2, 0.25) is 0 Å². The summed E-state index contributed by atoms with van der Waals surface area (Å²) in [7, 11) is 1.97. The van der Waals surface area contributed by atoms with Crippen molar-refractivity contribution in [2.45, 2.75) is 26.3 Å². The standard InChI is InChI=1S/C17H22N2O/c1-4-13-7-6-12-19-17(13)16(18-3)14-8-10-15(11-9-14)20-5-2/h6-12,16,18H,4-5H2,1-3H3. The highest BCUT2D eigenvalue weighted by molar-refractivity contribution is 5.36. The Kier molecular flexibility index (Phi) is 5.13. The Bertz CT molecular complexity index is 537. The van der Waals surface area contributed by atoms with Gasteiger partial charge in [-0.25, -0.2) is 0 Å². The van der Waals surface area contributed by atoms with Gasteiger partial charge in [-0.3, -0.25) is 4.98 Å². The van der Waals surface area contributed by atoms with E-state index in [1.807, 2.05) is 38.4 Å². The summed E-state index contributed by atoms with van der Waals surface area (Å²) in [5.41, 5.74) is 3.58. The third kappa shape index (κ3) is 3.17. The lowest BCUT2D eigenvalue weighted by Crippen LogP contribution is -2.20. The molecular weight excluding hydrogens is 248 g/mol. The minimum absolute atomic E-state index is 0.113. The molecule has 2 aromatic rings. The number of nitrogens with one attached hydrogen (secondary N) is 1. The number of ether oxygens (including phenoxy) is 1. The zero-order valence-electron chi connectivity index (χ0n) is 12.4. The Labute approximate surface area is 121 Å². The maximum atomic E-state index is 5.49. The van der Waals surface area contributed by atoms with Crippen LogP contribution in [-0.4, -0.2) is 18.6 Å². The molecule has 0 aliphatic rings. The van der Waals surface area contributed by atoms with Crippen LogP contribution in [0.3, 0.4) is 0 Å². The number of rotatable bonds is 6. The lowest BCUT2D eigenvalue weighted by atomic mass is 9.98. The number of aromatic nitrogens is 1. The van der Waals surface area contributed by atoms with Gasteiger partial charge in [-0.2, -0.15) is 0 Å². The summed E-state index contributed by atoms with van der Waals surface area (Å²) in [5, 5.41) is 3.36. The second-order valence-electron chi connectivity index (χ2n) is 4.63. The fraction of sp³-hybridized carbons (Fsp3) is 0.353. The molecule has 1 aromatic carbocycles. The Morgan fingerprint density at radius 3 is 2.50 bits per heavy atom. The van der Waals surface area contributed by atoms with Crippen molar-refractivity contribution in [3.8, 4) is 5.75 Å². The highest BCUT2D eigenvalue weighted by Crippen LogP contribution is 2.25. The average molecular weight is 270 g/mol. The zero-order valence-corrected chi connectivity index (χ0v) is 12.4. The molecule has 20 heavy (non-hydrogen) atoms. The first-order chi connectivity index (χ1) is 9.80. The minimum atomic E-state index is 0.113. The van der Waals surface area contributed by atoms with Crippen LogP contribution in [0, 0.1) is 0 Å². The molecular formula is C17H22N2O. The van der Waals surface area contributed by atoms with E-state index in [9.17, 15) is 0 Å². The van der Waals surface area contributed by atoms with Gasteiger partial charge in [-0.15, -0.1) is 0 Å². The predicted molar refractivity (Wildman–Crippen MR) is 82.1 cm³/mol. The predicted octanol–water partition coefficient (Wildman–Crippen LogP) is 3.35. The van der Waals surface area contributed by atoms with Gasteiger partial charge in [0.1, 0.15) is 5.75 Å². The summed E-state index contributed by atoms with van der Waals surface area (Å²) in [6.45, 7) is 4.84. The van der Waals surface area contributed by atoms with E-state index < -0.39 is 0 Å². The van der Waals surface area contributed by atoms with Crippen LogP contribution in [0.25, 0.3) is 0 Å². The molecule has 1 heterocycles. The Hall–Kier alpha value is -1.87. The minimum Gasteiger partial charge on any atom is -0.494 e. The first kappa shape index (κ1) is 14.5. The zero-order chi connectivity index (χ0) is 14.4. The summed E-state index contributed by atoms with van der Waals surface area (Å²) in [4.78, 5) is 4.56. The van der Waals surface area contributed by atoms with E-state index in [1.165, 1.54) is 11.1 Å². The lowest BCUT2D eigenvalue weighted by Gasteiger charge is -2.19. The van der Waals surface area contributed by atoms with Crippen molar-refractivity contribution in [3.05, 3.63) is 59.4 Å². The van der Waals surface area contributed by atoms with Crippen molar-refractivity contribution < 1.29 is 4.74 Å². The van der Waals surface area contributed by atoms with Crippen LogP contribution >= 0.6 is 0 Å². The number of pyridine rings is 1. The van der Waals surface area contributed by atoms with Crippen molar-refractivity contribution in [2.75, 3.05) is 13.7 Å². The molecule has 1 N–H and O–H groups in total. The van der Waals surface area contributed by atoms with Crippen molar-refractivity contribution >= 4 is 0 Å². The summed E-state index contributed by atoms with van der Waals surface area (Å²) < 4.78 is 5.49. The quantitative estimate of drug-likeness (QED) is 0.874. The third-order valence-electron chi connectivity index (χ3n) is 3.39. The van der Waals surface area contributed by atoms with Crippen molar-refractivity contribution in [1.82, 2.24) is 10.3 Å². The van der Waals surface area contributed by atoms with E-state index in [4.69, 9.17) is 4.74 Å². The second-order valence-corrected chi connectivity index (χ2v) is 4.63. The van der Waals surface area contributed by atoms with Gasteiger partial charge in [0, 0.05) is 6.20 Å². The molecule has 3 nitrogen and oxygen atoms in total. The van der Waals surface area contributed by atoms with Gasteiger partial charge >= 0.3 is 0 Å². The van der Waals surface area contributed by atoms with E-state index >= 15 is 0 Å². The first-order valence-corrected chi connectivity index (χ1v) is 7.14. The topological polar surface area (TPSA) is 34.1 Å². The van der Waals surface area contributed by atoms with Gasteiger partial charge < -0.3 is 10.1 Å². The second kappa shape index (κ2) is 7.06. The molecule has 1 atom stereocenters. The number of aryl methyl sites for hydroxylation is 1. The van der Waals surface area contributed by atoms with Gasteiger partial charge in [-0.1, -0.05) is 25.1 Å². The van der Waals surface area contributed by atoms with Crippen LogP contribution < -0.4 is 10.1 Å². The molecule has 0 aliphatic carbocycles. The van der Waals surface area contributed by atoms with E-state index in [0.717, 1.165) is 17.9 Å². The molecule has 0 radical (unpaired) electrons. The molecule has 1 unspecified atom stereocenters. The summed E-state index contributed by atoms with van der Waals surface area (Å²) in [5.74, 6) is 0.905. The number of hydrogen-bond acceptors (Lipinski definition) is 3. The Morgan fingerprint density at radius 2 is 1.90 bits per heavy atom. The maximum absolute atomic E-state index is 5.49. The highest BCUT2D eigenvalue weighted by atomic mass is 16.5. The van der Waals surface area contributed by atoms with E-state index in [0.29, 0.717) is 6.61 Å². The third-order valence-corrected chi connectivity index (χ3v) is 3.39. The Balaban J connectivity index is 2.31. The maximum Gasteiger partial charge on any atom is 0.119 e. The number of hydrogen-bond donors (Lipinski definition) is 1. The van der Waals surface area contributed by atoms with Crippen LogP contribution in [0.15, 0.2) is 42.6 Å². The highest BCUT2D eigenvalue weighted by Gasteiger charge is 2.16. The molecule has 0 spiro atoms. The molecule has 0 aliphatic heterocycles. The van der Waals surface area contributed by atoms with E-state index in [-0.39, 0.29) is 6.04 Å². The van der Waals surface area contributed by atoms with Crippen molar-refractivity contribution in [1.29, 1.82) is 0 Å². The van der Waals surface area contributed by atoms with Crippen LogP contribution in [0.2, 0.25) is 0 Å². The first-order valence-electron chi connectivity index (χ1n) is 7.14.